The first-order valence-corrected chi connectivity index (χ1v) is 16.8. The van der Waals surface area contributed by atoms with Crippen LogP contribution in [0.5, 0.6) is 0 Å². The molecule has 2 aliphatic rings. The second-order valence-electron chi connectivity index (χ2n) is 12.0. The van der Waals surface area contributed by atoms with E-state index in [1.54, 1.807) is 19.2 Å². The van der Waals surface area contributed by atoms with Crippen LogP contribution >= 0.6 is 22.7 Å². The predicted molar refractivity (Wildman–Crippen MR) is 167 cm³/mol. The average Bonchev–Trinajstić information content (AvgIpc) is 3.76. The predicted octanol–water partition coefficient (Wildman–Crippen LogP) is 1.24. The number of carbonyl (C=O) groups is 6. The molecule has 4 heterocycles. The van der Waals surface area contributed by atoms with Gasteiger partial charge in [-0.3, -0.25) is 28.8 Å². The zero-order valence-electron chi connectivity index (χ0n) is 25.8. The number of thiazole rings is 2. The smallest absolute Gasteiger partial charge is 0.271 e. The van der Waals surface area contributed by atoms with Gasteiger partial charge in [-0.1, -0.05) is 27.7 Å². The second-order valence-corrected chi connectivity index (χ2v) is 13.9. The highest BCUT2D eigenvalue weighted by atomic mass is 32.1. The van der Waals surface area contributed by atoms with Crippen LogP contribution in [-0.2, 0) is 25.7 Å². The second kappa shape index (κ2) is 14.9. The van der Waals surface area contributed by atoms with E-state index in [9.17, 15) is 28.8 Å². The fourth-order valence-electron chi connectivity index (χ4n) is 5.31. The van der Waals surface area contributed by atoms with Gasteiger partial charge in [0, 0.05) is 23.7 Å². The molecular formula is C29H40N8O6S2. The van der Waals surface area contributed by atoms with E-state index in [0.29, 0.717) is 35.8 Å². The molecule has 4 rings (SSSR count). The van der Waals surface area contributed by atoms with Crippen molar-refractivity contribution in [3.8, 4) is 0 Å². The van der Waals surface area contributed by atoms with Crippen molar-refractivity contribution in [1.29, 1.82) is 0 Å². The zero-order chi connectivity index (χ0) is 32.8. The normalized spacial score (nSPS) is 23.6. The first-order chi connectivity index (χ1) is 21.3. The van der Waals surface area contributed by atoms with Crippen LogP contribution in [0.3, 0.4) is 0 Å². The third-order valence-corrected chi connectivity index (χ3v) is 9.44. The number of hydrogen-bond donors (Lipinski definition) is 5. The van der Waals surface area contributed by atoms with Gasteiger partial charge in [-0.05, 0) is 37.5 Å². The largest absolute Gasteiger partial charge is 0.370 e. The Labute approximate surface area is 269 Å². The monoisotopic (exact) mass is 660 g/mol. The zero-order valence-corrected chi connectivity index (χ0v) is 27.4. The van der Waals surface area contributed by atoms with Crippen molar-refractivity contribution in [2.45, 2.75) is 90.5 Å². The quantitative estimate of drug-likeness (QED) is 0.304. The number of rotatable bonds is 6. The molecule has 2 aromatic rings. The number of amides is 6. The topological polar surface area (TPSA) is 206 Å². The van der Waals surface area contributed by atoms with Gasteiger partial charge >= 0.3 is 0 Å². The summed E-state index contributed by atoms with van der Waals surface area (Å²) in [6.45, 7) is 7.86. The highest BCUT2D eigenvalue weighted by Gasteiger charge is 2.39. The molecule has 6 N–H and O–H groups in total. The van der Waals surface area contributed by atoms with E-state index in [4.69, 9.17) is 5.73 Å². The molecule has 1 fully saturated rings. The van der Waals surface area contributed by atoms with Gasteiger partial charge in [-0.2, -0.15) is 0 Å². The van der Waals surface area contributed by atoms with Gasteiger partial charge in [-0.15, -0.1) is 22.7 Å². The average molecular weight is 661 g/mol. The first-order valence-electron chi connectivity index (χ1n) is 15.0. The molecule has 0 unspecified atom stereocenters. The molecule has 45 heavy (non-hydrogen) atoms. The van der Waals surface area contributed by atoms with Gasteiger partial charge in [0.1, 0.15) is 39.5 Å². The summed E-state index contributed by atoms with van der Waals surface area (Å²) >= 11 is 2.31. The van der Waals surface area contributed by atoms with Gasteiger partial charge < -0.3 is 31.9 Å². The van der Waals surface area contributed by atoms with Crippen molar-refractivity contribution in [2.24, 2.45) is 17.6 Å². The first kappa shape index (κ1) is 34.0. The standard InChI is InChI=1S/C29H40N8O6S2/c1-14(2)10-17-29(43)37-9-5-6-20(37)26(41)31-11-22-32-18(12-44-22)24(39)33-16(7-8-21(30)38)28-35-19(13-45-28)25(40)36-23(15(3)4)27(42)34-17/h12-17,20,23H,5-11H2,1-4H3,(H2,30,38)(H,31,41)(H,33,39)(H,34,42)(H,36,40)/t16-,17+,20+,23+/m1/s1. The van der Waals surface area contributed by atoms with E-state index in [1.165, 1.54) is 21.6 Å². The number of nitrogens with two attached hydrogens (primary N) is 1. The van der Waals surface area contributed by atoms with Gasteiger partial charge in [0.2, 0.25) is 23.6 Å². The fourth-order valence-corrected chi connectivity index (χ4v) is 6.91. The molecule has 0 radical (unpaired) electrons. The van der Waals surface area contributed by atoms with Crippen molar-refractivity contribution in [2.75, 3.05) is 6.54 Å². The number of hydrogen-bond acceptors (Lipinski definition) is 10. The van der Waals surface area contributed by atoms with E-state index in [0.717, 1.165) is 11.3 Å². The molecule has 244 valence electrons. The van der Waals surface area contributed by atoms with Crippen LogP contribution in [0.25, 0.3) is 0 Å². The maximum Gasteiger partial charge on any atom is 0.271 e. The lowest BCUT2D eigenvalue weighted by Gasteiger charge is -2.31. The molecule has 2 aliphatic heterocycles. The highest BCUT2D eigenvalue weighted by Crippen LogP contribution is 2.25. The molecule has 0 saturated carbocycles. The number of primary amides is 1. The fraction of sp³-hybridized carbons (Fsp3) is 0.586. The SMILES string of the molecule is CC(C)C[C@@H]1NC(=O)[C@H](C(C)C)NC(=O)c2csc(n2)[C@@H](CCC(N)=O)NC(=O)c2csc(n2)CNC(=O)[C@@H]2CCCN2C1=O. The lowest BCUT2D eigenvalue weighted by atomic mass is 9.99. The molecule has 16 heteroatoms. The minimum Gasteiger partial charge on any atom is -0.370 e. The molecule has 4 atom stereocenters. The van der Waals surface area contributed by atoms with Gasteiger partial charge in [0.15, 0.2) is 0 Å². The lowest BCUT2D eigenvalue weighted by molar-refractivity contribution is -0.142. The van der Waals surface area contributed by atoms with E-state index >= 15 is 0 Å². The Balaban J connectivity index is 1.69. The summed E-state index contributed by atoms with van der Waals surface area (Å²) < 4.78 is 0. The van der Waals surface area contributed by atoms with Crippen molar-refractivity contribution in [3.63, 3.8) is 0 Å². The maximum absolute atomic E-state index is 13.8. The molecule has 6 amide bonds. The Morgan fingerprint density at radius 3 is 2.33 bits per heavy atom. The van der Waals surface area contributed by atoms with Crippen LogP contribution in [0.2, 0.25) is 0 Å². The number of nitrogens with one attached hydrogen (secondary N) is 4. The molecule has 0 spiro atoms. The summed E-state index contributed by atoms with van der Waals surface area (Å²) in [5, 5.41) is 15.2. The minimum absolute atomic E-state index is 0.0351. The Kier molecular flexibility index (Phi) is 11.3. The minimum atomic E-state index is -0.985. The third kappa shape index (κ3) is 8.63. The van der Waals surface area contributed by atoms with E-state index < -0.39 is 47.8 Å². The molecule has 0 aliphatic carbocycles. The van der Waals surface area contributed by atoms with Gasteiger partial charge in [0.25, 0.3) is 11.8 Å². The Morgan fingerprint density at radius 1 is 0.956 bits per heavy atom. The number of fused-ring (bicyclic) bond motifs is 5. The molecule has 2 aromatic heterocycles. The van der Waals surface area contributed by atoms with Crippen molar-refractivity contribution in [3.05, 3.63) is 32.2 Å². The Bertz CT molecular complexity index is 1440. The summed E-state index contributed by atoms with van der Waals surface area (Å²) in [5.41, 5.74) is 5.52. The van der Waals surface area contributed by atoms with E-state index in [-0.39, 0.29) is 54.4 Å². The molecule has 0 aromatic carbocycles. The van der Waals surface area contributed by atoms with Crippen LogP contribution in [0, 0.1) is 11.8 Å². The van der Waals surface area contributed by atoms with Crippen LogP contribution in [-0.4, -0.2) is 75.0 Å². The Morgan fingerprint density at radius 2 is 1.64 bits per heavy atom. The summed E-state index contributed by atoms with van der Waals surface area (Å²) in [5.74, 6) is -3.19. The number of carbonyl (C=O) groups excluding carboxylic acids is 6. The van der Waals surface area contributed by atoms with E-state index in [1.807, 2.05) is 13.8 Å². The third-order valence-electron chi connectivity index (χ3n) is 7.63. The lowest BCUT2D eigenvalue weighted by Crippen LogP contribution is -2.57. The van der Waals surface area contributed by atoms with Crippen LogP contribution < -0.4 is 27.0 Å². The summed E-state index contributed by atoms with van der Waals surface area (Å²) in [4.78, 5) is 88.9. The molecular weight excluding hydrogens is 621 g/mol. The van der Waals surface area contributed by atoms with Crippen LogP contribution in [0.4, 0.5) is 0 Å². The molecule has 14 nitrogen and oxygen atoms in total. The summed E-state index contributed by atoms with van der Waals surface area (Å²) in [6, 6.07) is -3.34. The molecule has 4 bridgehead atoms. The number of nitrogens with zero attached hydrogens (tertiary/aromatic N) is 3. The van der Waals surface area contributed by atoms with Gasteiger partial charge in [0.05, 0.1) is 12.6 Å². The van der Waals surface area contributed by atoms with E-state index in [2.05, 4.69) is 31.2 Å². The van der Waals surface area contributed by atoms with Crippen molar-refractivity contribution < 1.29 is 28.8 Å². The highest BCUT2D eigenvalue weighted by molar-refractivity contribution is 7.10. The Hall–Kier alpha value is -3.92. The summed E-state index contributed by atoms with van der Waals surface area (Å²) in [7, 11) is 0. The van der Waals surface area contributed by atoms with Crippen LogP contribution in [0.1, 0.15) is 96.8 Å². The number of aromatic nitrogens is 2. The van der Waals surface area contributed by atoms with Crippen molar-refractivity contribution >= 4 is 58.1 Å². The van der Waals surface area contributed by atoms with Crippen LogP contribution in [0.15, 0.2) is 10.8 Å². The van der Waals surface area contributed by atoms with Crippen molar-refractivity contribution in [1.82, 2.24) is 36.1 Å². The molecule has 1 saturated heterocycles. The summed E-state index contributed by atoms with van der Waals surface area (Å²) in [6.07, 6.45) is 1.55. The maximum atomic E-state index is 13.8. The van der Waals surface area contributed by atoms with Gasteiger partial charge in [-0.25, -0.2) is 9.97 Å².